The van der Waals surface area contributed by atoms with Crippen molar-refractivity contribution in [2.45, 2.75) is 57.0 Å². The molecule has 88 valence electrons. The minimum Gasteiger partial charge on any atom is -0.310 e. The molecule has 3 rings (SSSR count). The molecule has 2 saturated carbocycles. The lowest BCUT2D eigenvalue weighted by Crippen LogP contribution is -2.16. The van der Waals surface area contributed by atoms with Crippen LogP contribution in [0.1, 0.15) is 55.7 Å². The first-order chi connectivity index (χ1) is 7.83. The average Bonchev–Trinajstić information content (AvgIpc) is 2.79. The van der Waals surface area contributed by atoms with Gasteiger partial charge in [-0.1, -0.05) is 12.8 Å². The number of rotatable bonds is 4. The molecule has 0 saturated heterocycles. The van der Waals surface area contributed by atoms with Crippen molar-refractivity contribution in [1.29, 1.82) is 0 Å². The maximum atomic E-state index is 4.67. The largest absolute Gasteiger partial charge is 0.310 e. The smallest absolute Gasteiger partial charge is 0.0700 e. The van der Waals surface area contributed by atoms with Crippen molar-refractivity contribution in [2.24, 2.45) is 7.05 Å². The lowest BCUT2D eigenvalue weighted by atomic mass is 10.0. The molecule has 3 nitrogen and oxygen atoms in total. The third kappa shape index (κ3) is 2.14. The second kappa shape index (κ2) is 4.21. The number of nitrogens with zero attached hydrogens (tertiary/aromatic N) is 2. The molecule has 0 aromatic carbocycles. The standard InChI is InChI=1S/C13H21N3/c1-16-9-11(8-14-12-6-7-12)13(15-16)10-4-2-3-5-10/h9-10,12,14H,2-8H2,1H3. The number of hydrogen-bond acceptors (Lipinski definition) is 2. The van der Waals surface area contributed by atoms with Crippen LogP contribution in [-0.4, -0.2) is 15.8 Å². The van der Waals surface area contributed by atoms with E-state index in [0.717, 1.165) is 18.5 Å². The maximum absolute atomic E-state index is 4.67. The highest BCUT2D eigenvalue weighted by atomic mass is 15.3. The molecule has 2 fully saturated rings. The fourth-order valence-electron chi connectivity index (χ4n) is 2.78. The predicted octanol–water partition coefficient (Wildman–Crippen LogP) is 2.33. The van der Waals surface area contributed by atoms with Crippen LogP contribution in [0.15, 0.2) is 6.20 Å². The fraction of sp³-hybridized carbons (Fsp3) is 0.769. The van der Waals surface area contributed by atoms with Crippen molar-refractivity contribution in [3.8, 4) is 0 Å². The first-order valence-corrected chi connectivity index (χ1v) is 6.59. The quantitative estimate of drug-likeness (QED) is 0.842. The minimum atomic E-state index is 0.734. The van der Waals surface area contributed by atoms with Gasteiger partial charge in [0.25, 0.3) is 0 Å². The van der Waals surface area contributed by atoms with Crippen molar-refractivity contribution in [1.82, 2.24) is 15.1 Å². The highest BCUT2D eigenvalue weighted by Crippen LogP contribution is 2.35. The van der Waals surface area contributed by atoms with Crippen LogP contribution in [0.2, 0.25) is 0 Å². The molecular formula is C13H21N3. The molecule has 2 aliphatic rings. The summed E-state index contributed by atoms with van der Waals surface area (Å²) >= 11 is 0. The van der Waals surface area contributed by atoms with Crippen LogP contribution in [0.5, 0.6) is 0 Å². The molecule has 0 unspecified atom stereocenters. The Balaban J connectivity index is 1.73. The van der Waals surface area contributed by atoms with Crippen LogP contribution in [0.3, 0.4) is 0 Å². The Bertz CT molecular complexity index is 359. The lowest BCUT2D eigenvalue weighted by molar-refractivity contribution is 0.639. The monoisotopic (exact) mass is 219 g/mol. The Morgan fingerprint density at radius 3 is 2.75 bits per heavy atom. The Labute approximate surface area is 97.2 Å². The van der Waals surface area contributed by atoms with Crippen molar-refractivity contribution < 1.29 is 0 Å². The summed E-state index contributed by atoms with van der Waals surface area (Å²) in [5.74, 6) is 0.734. The Hall–Kier alpha value is -0.830. The van der Waals surface area contributed by atoms with E-state index in [1.54, 1.807) is 0 Å². The van der Waals surface area contributed by atoms with Gasteiger partial charge < -0.3 is 5.32 Å². The van der Waals surface area contributed by atoms with E-state index in [1.165, 1.54) is 49.8 Å². The topological polar surface area (TPSA) is 29.9 Å². The van der Waals surface area contributed by atoms with E-state index in [9.17, 15) is 0 Å². The summed E-state index contributed by atoms with van der Waals surface area (Å²) in [6.45, 7) is 1.02. The van der Waals surface area contributed by atoms with Gasteiger partial charge in [0.2, 0.25) is 0 Å². The van der Waals surface area contributed by atoms with E-state index in [4.69, 9.17) is 0 Å². The van der Waals surface area contributed by atoms with E-state index in [-0.39, 0.29) is 0 Å². The second-order valence-electron chi connectivity index (χ2n) is 5.35. The third-order valence-electron chi connectivity index (χ3n) is 3.84. The molecule has 2 aliphatic carbocycles. The molecule has 1 N–H and O–H groups in total. The van der Waals surface area contributed by atoms with Crippen LogP contribution >= 0.6 is 0 Å². The average molecular weight is 219 g/mol. The Kier molecular flexibility index (Phi) is 2.72. The van der Waals surface area contributed by atoms with Gasteiger partial charge in [-0.3, -0.25) is 4.68 Å². The number of nitrogens with one attached hydrogen (secondary N) is 1. The molecule has 0 amide bonds. The molecule has 0 radical (unpaired) electrons. The Morgan fingerprint density at radius 2 is 2.06 bits per heavy atom. The SMILES string of the molecule is Cn1cc(CNC2CC2)c(C2CCCC2)n1. The van der Waals surface area contributed by atoms with Crippen molar-refractivity contribution in [3.05, 3.63) is 17.5 Å². The van der Waals surface area contributed by atoms with Crippen molar-refractivity contribution >= 4 is 0 Å². The van der Waals surface area contributed by atoms with Gasteiger partial charge in [-0.15, -0.1) is 0 Å². The number of aromatic nitrogens is 2. The molecule has 0 bridgehead atoms. The summed E-state index contributed by atoms with van der Waals surface area (Å²) in [5.41, 5.74) is 2.80. The summed E-state index contributed by atoms with van der Waals surface area (Å²) in [7, 11) is 2.04. The molecule has 0 aliphatic heterocycles. The van der Waals surface area contributed by atoms with Gasteiger partial charge in [-0.25, -0.2) is 0 Å². The molecule has 1 aromatic heterocycles. The normalized spacial score (nSPS) is 21.8. The molecule has 16 heavy (non-hydrogen) atoms. The zero-order valence-corrected chi connectivity index (χ0v) is 10.1. The number of aryl methyl sites for hydroxylation is 1. The summed E-state index contributed by atoms with van der Waals surface area (Å²) in [5, 5.41) is 8.26. The zero-order valence-electron chi connectivity index (χ0n) is 10.1. The van der Waals surface area contributed by atoms with Crippen LogP contribution in [0.25, 0.3) is 0 Å². The van der Waals surface area contributed by atoms with Gasteiger partial charge in [0.1, 0.15) is 0 Å². The summed E-state index contributed by atoms with van der Waals surface area (Å²) in [6, 6.07) is 0.789. The first kappa shape index (κ1) is 10.3. The number of hydrogen-bond donors (Lipinski definition) is 1. The molecule has 1 aromatic rings. The van der Waals surface area contributed by atoms with Gasteiger partial charge in [0.05, 0.1) is 5.69 Å². The molecule has 3 heteroatoms. The van der Waals surface area contributed by atoms with E-state index >= 15 is 0 Å². The van der Waals surface area contributed by atoms with Gasteiger partial charge in [0, 0.05) is 37.3 Å². The van der Waals surface area contributed by atoms with E-state index < -0.39 is 0 Å². The zero-order chi connectivity index (χ0) is 11.0. The summed E-state index contributed by atoms with van der Waals surface area (Å²) in [4.78, 5) is 0. The van der Waals surface area contributed by atoms with E-state index in [0.29, 0.717) is 0 Å². The summed E-state index contributed by atoms with van der Waals surface area (Å²) < 4.78 is 1.98. The predicted molar refractivity (Wildman–Crippen MR) is 64.3 cm³/mol. The van der Waals surface area contributed by atoms with Crippen LogP contribution in [0, 0.1) is 0 Å². The van der Waals surface area contributed by atoms with Crippen LogP contribution < -0.4 is 5.32 Å². The maximum Gasteiger partial charge on any atom is 0.0700 e. The molecule has 0 atom stereocenters. The van der Waals surface area contributed by atoms with E-state index in [2.05, 4.69) is 16.6 Å². The molecule has 1 heterocycles. The lowest BCUT2D eigenvalue weighted by Gasteiger charge is -2.09. The Morgan fingerprint density at radius 1 is 1.31 bits per heavy atom. The fourth-order valence-corrected chi connectivity index (χ4v) is 2.78. The van der Waals surface area contributed by atoms with Gasteiger partial charge in [0.15, 0.2) is 0 Å². The highest BCUT2D eigenvalue weighted by Gasteiger charge is 2.25. The van der Waals surface area contributed by atoms with Gasteiger partial charge in [-0.2, -0.15) is 5.10 Å². The van der Waals surface area contributed by atoms with E-state index in [1.807, 2.05) is 11.7 Å². The van der Waals surface area contributed by atoms with Crippen LogP contribution in [-0.2, 0) is 13.6 Å². The van der Waals surface area contributed by atoms with Gasteiger partial charge in [-0.05, 0) is 25.7 Å². The molecule has 0 spiro atoms. The van der Waals surface area contributed by atoms with Gasteiger partial charge >= 0.3 is 0 Å². The van der Waals surface area contributed by atoms with Crippen LogP contribution in [0.4, 0.5) is 0 Å². The van der Waals surface area contributed by atoms with Crippen molar-refractivity contribution in [2.75, 3.05) is 0 Å². The second-order valence-corrected chi connectivity index (χ2v) is 5.35. The highest BCUT2D eigenvalue weighted by molar-refractivity contribution is 5.22. The summed E-state index contributed by atoms with van der Waals surface area (Å²) in [6.07, 6.45) is 10.4. The van der Waals surface area contributed by atoms with Crippen molar-refractivity contribution in [3.63, 3.8) is 0 Å². The molecular weight excluding hydrogens is 198 g/mol. The minimum absolute atomic E-state index is 0.734. The third-order valence-corrected chi connectivity index (χ3v) is 3.84. The first-order valence-electron chi connectivity index (χ1n) is 6.59.